The minimum atomic E-state index is -1.06. The highest BCUT2D eigenvalue weighted by atomic mass is 32.3. The van der Waals surface area contributed by atoms with Crippen molar-refractivity contribution in [3.8, 4) is 11.5 Å². The van der Waals surface area contributed by atoms with Crippen molar-refractivity contribution in [1.29, 1.82) is 0 Å². The number of hydrogen-bond donors (Lipinski definition) is 1. The first-order valence-electron chi connectivity index (χ1n) is 17.9. The van der Waals surface area contributed by atoms with Crippen LogP contribution in [-0.2, 0) is 38.8 Å². The van der Waals surface area contributed by atoms with Gasteiger partial charge in [-0.15, -0.1) is 0 Å². The molecular formula is C40H52FN5O7S. The molecule has 2 aromatic heterocycles. The van der Waals surface area contributed by atoms with E-state index in [-0.39, 0.29) is 50.9 Å². The average Bonchev–Trinajstić information content (AvgIpc) is 3.44. The molecule has 0 radical (unpaired) electrons. The third-order valence-electron chi connectivity index (χ3n) is 8.68. The summed E-state index contributed by atoms with van der Waals surface area (Å²) in [6.45, 7) is 9.24. The van der Waals surface area contributed by atoms with Gasteiger partial charge in [-0.2, -0.15) is 0 Å². The fourth-order valence-electron chi connectivity index (χ4n) is 5.94. The molecule has 4 aromatic rings. The van der Waals surface area contributed by atoms with Crippen LogP contribution in [0.4, 0.5) is 14.0 Å². The summed E-state index contributed by atoms with van der Waals surface area (Å²) in [6.07, 6.45) is 9.07. The maximum atomic E-state index is 15.7. The van der Waals surface area contributed by atoms with Crippen molar-refractivity contribution in [1.82, 2.24) is 24.7 Å². The molecule has 1 aliphatic rings. The zero-order chi connectivity index (χ0) is 39.0. The number of amides is 3. The first kappa shape index (κ1) is 40.4. The molecule has 12 nitrogen and oxygen atoms in total. The highest BCUT2D eigenvalue weighted by Crippen LogP contribution is 2.35. The second-order valence-electron chi connectivity index (χ2n) is 15.2. The van der Waals surface area contributed by atoms with E-state index in [2.05, 4.69) is 29.1 Å². The molecule has 2 aromatic carbocycles. The molecule has 0 aliphatic carbocycles. The second kappa shape index (κ2) is 17.5. The molecule has 1 saturated heterocycles. The van der Waals surface area contributed by atoms with Crippen LogP contribution in [0.1, 0.15) is 37.5 Å². The van der Waals surface area contributed by atoms with E-state index in [1.54, 1.807) is 48.9 Å². The molecule has 14 heteroatoms. The zero-order valence-corrected chi connectivity index (χ0v) is 33.0. The predicted molar refractivity (Wildman–Crippen MR) is 209 cm³/mol. The van der Waals surface area contributed by atoms with Gasteiger partial charge in [0, 0.05) is 50.7 Å². The van der Waals surface area contributed by atoms with Crippen LogP contribution < -0.4 is 10.1 Å². The molecule has 5 rings (SSSR count). The Morgan fingerprint density at radius 1 is 0.944 bits per heavy atom. The number of nitrogens with zero attached hydrogens (tertiary/aromatic N) is 4. The molecule has 3 heterocycles. The summed E-state index contributed by atoms with van der Waals surface area (Å²) < 4.78 is 40.6. The Kier molecular flexibility index (Phi) is 13.1. The van der Waals surface area contributed by atoms with Gasteiger partial charge in [-0.3, -0.25) is 4.79 Å². The van der Waals surface area contributed by atoms with Crippen molar-refractivity contribution >= 4 is 39.2 Å². The Labute approximate surface area is 318 Å². The maximum Gasteiger partial charge on any atom is 0.410 e. The van der Waals surface area contributed by atoms with Gasteiger partial charge in [-0.25, -0.2) is 29.0 Å². The molecule has 0 saturated carbocycles. The zero-order valence-electron chi connectivity index (χ0n) is 32.2. The Hall–Kier alpha value is -4.82. The third-order valence-corrected chi connectivity index (χ3v) is 10.1. The molecule has 0 bridgehead atoms. The number of ether oxygens (including phenoxy) is 4. The molecule has 1 aliphatic heterocycles. The Morgan fingerprint density at radius 3 is 2.31 bits per heavy atom. The van der Waals surface area contributed by atoms with Gasteiger partial charge in [0.15, 0.2) is 11.6 Å². The molecule has 292 valence electrons. The van der Waals surface area contributed by atoms with E-state index in [1.165, 1.54) is 12.1 Å². The smallest absolute Gasteiger partial charge is 0.410 e. The summed E-state index contributed by atoms with van der Waals surface area (Å²) in [6, 6.07) is 14.5. The summed E-state index contributed by atoms with van der Waals surface area (Å²) in [5.74, 6) is 0.445. The van der Waals surface area contributed by atoms with E-state index in [0.29, 0.717) is 30.3 Å². The standard InChI is InChI=1S/C40H52FN5O7S/c1-28-25-46(27-50-21-22-54(5,6)7)36-35(28)34(15-16-42-36)52-33-14-13-30(23-31(33)41)24-32(43-38(48)53-40(2,3)4)37(47)44-17-19-45(20-18-44)39(49)51-26-29-11-9-8-10-12-29/h8-16,23,25,32H,17-22,24,26-27H2,1-7H3,(H,43,48)/t32-/m0/s1. The lowest BCUT2D eigenvalue weighted by Gasteiger charge is -2.36. The highest BCUT2D eigenvalue weighted by Gasteiger charge is 2.32. The van der Waals surface area contributed by atoms with Crippen LogP contribution in [0.2, 0.25) is 0 Å². The van der Waals surface area contributed by atoms with Crippen molar-refractivity contribution in [3.05, 3.63) is 89.5 Å². The van der Waals surface area contributed by atoms with Gasteiger partial charge < -0.3 is 38.6 Å². The molecule has 1 atom stereocenters. The highest BCUT2D eigenvalue weighted by molar-refractivity contribution is 8.32. The number of aryl methyl sites for hydroxylation is 1. The largest absolute Gasteiger partial charge is 0.453 e. The van der Waals surface area contributed by atoms with Crippen LogP contribution in [0.15, 0.2) is 67.0 Å². The van der Waals surface area contributed by atoms with Crippen LogP contribution in [0.5, 0.6) is 11.5 Å². The van der Waals surface area contributed by atoms with Gasteiger partial charge in [-0.05, 0) is 81.4 Å². The van der Waals surface area contributed by atoms with Crippen molar-refractivity contribution < 1.29 is 37.7 Å². The lowest BCUT2D eigenvalue weighted by Crippen LogP contribution is -2.56. The number of piperazine rings is 1. The summed E-state index contributed by atoms with van der Waals surface area (Å²) in [5, 5.41) is 3.44. The fourth-order valence-corrected chi connectivity index (χ4v) is 6.55. The number of carbonyl (C=O) groups excluding carboxylic acids is 3. The molecule has 0 unspecified atom stereocenters. The Bertz CT molecular complexity index is 1920. The number of benzene rings is 2. The van der Waals surface area contributed by atoms with Crippen molar-refractivity contribution in [2.45, 2.75) is 59.1 Å². The topological polar surface area (TPSA) is 124 Å². The number of nitrogens with one attached hydrogen (secondary N) is 1. The number of halogens is 1. The normalized spacial score (nSPS) is 14.4. The molecular weight excluding hydrogens is 714 g/mol. The summed E-state index contributed by atoms with van der Waals surface area (Å²) in [5.41, 5.74) is 2.13. The summed E-state index contributed by atoms with van der Waals surface area (Å²) >= 11 is 0. The van der Waals surface area contributed by atoms with Crippen molar-refractivity contribution in [2.24, 2.45) is 0 Å². The monoisotopic (exact) mass is 765 g/mol. The number of carbonyl (C=O) groups is 3. The number of hydrogen-bond acceptors (Lipinski definition) is 8. The first-order valence-corrected chi connectivity index (χ1v) is 21.0. The second-order valence-corrected chi connectivity index (χ2v) is 19.8. The summed E-state index contributed by atoms with van der Waals surface area (Å²) in [4.78, 5) is 47.1. The number of pyridine rings is 1. The van der Waals surface area contributed by atoms with E-state index in [4.69, 9.17) is 18.9 Å². The van der Waals surface area contributed by atoms with Crippen LogP contribution in [0.25, 0.3) is 11.0 Å². The molecule has 3 amide bonds. The third kappa shape index (κ3) is 11.3. The molecule has 1 N–H and O–H groups in total. The van der Waals surface area contributed by atoms with Crippen LogP contribution in [-0.4, -0.2) is 106 Å². The van der Waals surface area contributed by atoms with Crippen molar-refractivity contribution in [3.63, 3.8) is 0 Å². The average molecular weight is 766 g/mol. The SMILES string of the molecule is Cc1cn(COCCS(C)(C)C)c2nccc(Oc3ccc(C[C@H](NC(=O)OC(C)(C)C)C(=O)N4CCN(C(=O)OCc5ccccc5)CC4)cc3F)c12. The van der Waals surface area contributed by atoms with Gasteiger partial charge in [0.1, 0.15) is 36.4 Å². The van der Waals surface area contributed by atoms with E-state index < -0.39 is 39.7 Å². The van der Waals surface area contributed by atoms with Crippen LogP contribution in [0.3, 0.4) is 0 Å². The lowest BCUT2D eigenvalue weighted by molar-refractivity contribution is -0.135. The minimum Gasteiger partial charge on any atom is -0.453 e. The fraction of sp³-hybridized carbons (Fsp3) is 0.450. The van der Waals surface area contributed by atoms with Gasteiger partial charge >= 0.3 is 12.2 Å². The van der Waals surface area contributed by atoms with Crippen LogP contribution in [0, 0.1) is 12.7 Å². The number of fused-ring (bicyclic) bond motifs is 1. The Morgan fingerprint density at radius 2 is 1.65 bits per heavy atom. The van der Waals surface area contributed by atoms with Gasteiger partial charge in [0.05, 0.1) is 12.0 Å². The van der Waals surface area contributed by atoms with Gasteiger partial charge in [0.2, 0.25) is 5.91 Å². The van der Waals surface area contributed by atoms with E-state index >= 15 is 4.39 Å². The Balaban J connectivity index is 1.25. The molecule has 0 spiro atoms. The van der Waals surface area contributed by atoms with Gasteiger partial charge in [0.25, 0.3) is 0 Å². The number of aromatic nitrogens is 2. The van der Waals surface area contributed by atoms with Crippen molar-refractivity contribution in [2.75, 3.05) is 57.3 Å². The molecule has 1 fully saturated rings. The van der Waals surface area contributed by atoms with Gasteiger partial charge in [-0.1, -0.05) is 36.4 Å². The first-order chi connectivity index (χ1) is 25.6. The predicted octanol–water partition coefficient (Wildman–Crippen LogP) is 6.86. The van der Waals surface area contributed by atoms with Crippen LogP contribution >= 0.6 is 10.0 Å². The minimum absolute atomic E-state index is 0.000975. The number of alkyl carbamates (subject to hydrolysis) is 1. The summed E-state index contributed by atoms with van der Waals surface area (Å²) in [7, 11) is -0.670. The maximum absolute atomic E-state index is 15.7. The lowest BCUT2D eigenvalue weighted by atomic mass is 10.0. The number of rotatable bonds is 13. The molecule has 54 heavy (non-hydrogen) atoms. The van der Waals surface area contributed by atoms with E-state index in [1.807, 2.05) is 48.0 Å². The van der Waals surface area contributed by atoms with E-state index in [9.17, 15) is 14.4 Å². The quantitative estimate of drug-likeness (QED) is 0.147. The van der Waals surface area contributed by atoms with E-state index in [0.717, 1.165) is 22.3 Å².